The van der Waals surface area contributed by atoms with Crippen molar-refractivity contribution in [3.63, 3.8) is 0 Å². The molecule has 0 aromatic heterocycles. The van der Waals surface area contributed by atoms with Crippen LogP contribution >= 0.6 is 0 Å². The number of ether oxygens (including phenoxy) is 1. The van der Waals surface area contributed by atoms with Crippen LogP contribution in [0.15, 0.2) is 18.7 Å². The van der Waals surface area contributed by atoms with Gasteiger partial charge in [-0.2, -0.15) is 0 Å². The maximum Gasteiger partial charge on any atom is 0.339 e. The molecule has 16 heavy (non-hydrogen) atoms. The van der Waals surface area contributed by atoms with Crippen molar-refractivity contribution in [1.29, 1.82) is 0 Å². The summed E-state index contributed by atoms with van der Waals surface area (Å²) in [6, 6.07) is 1.90. The molecule has 3 nitrogen and oxygen atoms in total. The van der Waals surface area contributed by atoms with Crippen molar-refractivity contribution < 1.29 is 9.53 Å². The van der Waals surface area contributed by atoms with E-state index in [1.807, 2.05) is 26.8 Å². The Balaban J connectivity index is 3.18. The molecule has 0 saturated carbocycles. The van der Waals surface area contributed by atoms with E-state index in [4.69, 9.17) is 10.5 Å². The summed E-state index contributed by atoms with van der Waals surface area (Å²) >= 11 is 0. The Kier molecular flexibility index (Phi) is 3.72. The number of benzene rings is 1. The normalized spacial score (nSPS) is 9.94. The van der Waals surface area contributed by atoms with Crippen LogP contribution in [-0.4, -0.2) is 12.6 Å². The molecule has 0 radical (unpaired) electrons. The van der Waals surface area contributed by atoms with E-state index in [-0.39, 0.29) is 12.6 Å². The number of anilines is 1. The topological polar surface area (TPSA) is 52.3 Å². The molecule has 86 valence electrons. The fourth-order valence-electron chi connectivity index (χ4n) is 1.72. The lowest BCUT2D eigenvalue weighted by molar-refractivity contribution is 0.0548. The van der Waals surface area contributed by atoms with Crippen LogP contribution in [0.2, 0.25) is 0 Å². The third kappa shape index (κ3) is 2.24. The van der Waals surface area contributed by atoms with Crippen LogP contribution < -0.4 is 5.73 Å². The lowest BCUT2D eigenvalue weighted by Crippen LogP contribution is -2.11. The number of nitrogens with two attached hydrogens (primary N) is 1. The minimum absolute atomic E-state index is 0.214. The summed E-state index contributed by atoms with van der Waals surface area (Å²) in [4.78, 5) is 11.8. The van der Waals surface area contributed by atoms with Crippen molar-refractivity contribution in [2.45, 2.75) is 20.8 Å². The molecule has 0 aliphatic rings. The van der Waals surface area contributed by atoms with Crippen molar-refractivity contribution in [3.05, 3.63) is 41.0 Å². The van der Waals surface area contributed by atoms with E-state index in [9.17, 15) is 4.79 Å². The van der Waals surface area contributed by atoms with Gasteiger partial charge in [0.15, 0.2) is 0 Å². The maximum atomic E-state index is 11.8. The van der Waals surface area contributed by atoms with Gasteiger partial charge >= 0.3 is 5.97 Å². The molecule has 1 aromatic rings. The smallest absolute Gasteiger partial charge is 0.339 e. The Morgan fingerprint density at radius 1 is 1.44 bits per heavy atom. The molecule has 0 saturated heterocycles. The van der Waals surface area contributed by atoms with Crippen LogP contribution in [0.1, 0.15) is 27.0 Å². The van der Waals surface area contributed by atoms with Gasteiger partial charge in [-0.1, -0.05) is 18.7 Å². The summed E-state index contributed by atoms with van der Waals surface area (Å²) < 4.78 is 5.02. The molecule has 3 heteroatoms. The van der Waals surface area contributed by atoms with Crippen LogP contribution in [-0.2, 0) is 4.74 Å². The molecule has 0 aliphatic heterocycles. The quantitative estimate of drug-likeness (QED) is 0.483. The standard InChI is InChI=1S/C13H17NO2/c1-5-6-16-13(15)11-8(2)7-9(3)12(14)10(11)4/h5,7H,1,6,14H2,2-4H3. The zero-order valence-corrected chi connectivity index (χ0v) is 9.96. The second-order valence-electron chi connectivity index (χ2n) is 3.81. The van der Waals surface area contributed by atoms with E-state index in [2.05, 4.69) is 6.58 Å². The lowest BCUT2D eigenvalue weighted by Gasteiger charge is -2.13. The summed E-state index contributed by atoms with van der Waals surface area (Å²) in [6.45, 7) is 9.35. The molecule has 2 N–H and O–H groups in total. The van der Waals surface area contributed by atoms with Crippen molar-refractivity contribution in [3.8, 4) is 0 Å². The Morgan fingerprint density at radius 3 is 2.62 bits per heavy atom. The first-order chi connectivity index (χ1) is 7.49. The predicted molar refractivity (Wildman–Crippen MR) is 65.5 cm³/mol. The second-order valence-corrected chi connectivity index (χ2v) is 3.81. The van der Waals surface area contributed by atoms with Gasteiger partial charge < -0.3 is 10.5 Å². The van der Waals surface area contributed by atoms with Gasteiger partial charge in [0, 0.05) is 5.69 Å². The molecule has 0 aliphatic carbocycles. The number of aryl methyl sites for hydroxylation is 2. The zero-order chi connectivity index (χ0) is 12.3. The zero-order valence-electron chi connectivity index (χ0n) is 9.96. The minimum atomic E-state index is -0.346. The summed E-state index contributed by atoms with van der Waals surface area (Å²) in [5, 5.41) is 0. The first-order valence-corrected chi connectivity index (χ1v) is 5.13. The van der Waals surface area contributed by atoms with Gasteiger partial charge in [0.05, 0.1) is 5.56 Å². The summed E-state index contributed by atoms with van der Waals surface area (Å²) in [5.74, 6) is -0.346. The van der Waals surface area contributed by atoms with Crippen molar-refractivity contribution in [2.75, 3.05) is 12.3 Å². The third-order valence-electron chi connectivity index (χ3n) is 2.57. The number of hydrogen-bond acceptors (Lipinski definition) is 3. The van der Waals surface area contributed by atoms with Gasteiger partial charge in [0.1, 0.15) is 6.61 Å². The lowest BCUT2D eigenvalue weighted by atomic mass is 9.98. The molecule has 0 atom stereocenters. The number of hydrogen-bond donors (Lipinski definition) is 1. The van der Waals surface area contributed by atoms with E-state index in [1.54, 1.807) is 6.08 Å². The molecule has 0 bridgehead atoms. The summed E-state index contributed by atoms with van der Waals surface area (Å²) in [7, 11) is 0. The molecule has 0 amide bonds. The molecule has 0 spiro atoms. The van der Waals surface area contributed by atoms with Gasteiger partial charge in [0.25, 0.3) is 0 Å². The molecular weight excluding hydrogens is 202 g/mol. The van der Waals surface area contributed by atoms with Crippen LogP contribution in [0, 0.1) is 20.8 Å². The molecule has 0 fully saturated rings. The van der Waals surface area contributed by atoms with Gasteiger partial charge in [0.2, 0.25) is 0 Å². The van der Waals surface area contributed by atoms with Crippen LogP contribution in [0.4, 0.5) is 5.69 Å². The van der Waals surface area contributed by atoms with Crippen molar-refractivity contribution in [1.82, 2.24) is 0 Å². The molecule has 0 unspecified atom stereocenters. The van der Waals surface area contributed by atoms with E-state index in [0.29, 0.717) is 11.3 Å². The Hall–Kier alpha value is -1.77. The number of carbonyl (C=O) groups is 1. The highest BCUT2D eigenvalue weighted by Crippen LogP contribution is 2.24. The average molecular weight is 219 g/mol. The van der Waals surface area contributed by atoms with Gasteiger partial charge in [-0.15, -0.1) is 0 Å². The molecule has 1 aromatic carbocycles. The number of nitrogen functional groups attached to an aromatic ring is 1. The number of carbonyl (C=O) groups excluding carboxylic acids is 1. The van der Waals surface area contributed by atoms with Crippen molar-refractivity contribution in [2.24, 2.45) is 0 Å². The number of esters is 1. The Labute approximate surface area is 95.9 Å². The van der Waals surface area contributed by atoms with E-state index in [0.717, 1.165) is 16.7 Å². The highest BCUT2D eigenvalue weighted by Gasteiger charge is 2.16. The minimum Gasteiger partial charge on any atom is -0.458 e. The van der Waals surface area contributed by atoms with Crippen molar-refractivity contribution >= 4 is 11.7 Å². The average Bonchev–Trinajstić information content (AvgIpc) is 2.23. The maximum absolute atomic E-state index is 11.8. The van der Waals surface area contributed by atoms with E-state index in [1.165, 1.54) is 0 Å². The van der Waals surface area contributed by atoms with E-state index >= 15 is 0 Å². The number of rotatable bonds is 3. The first kappa shape index (κ1) is 12.3. The fraction of sp³-hybridized carbons (Fsp3) is 0.308. The first-order valence-electron chi connectivity index (χ1n) is 5.13. The Morgan fingerprint density at radius 2 is 2.06 bits per heavy atom. The van der Waals surface area contributed by atoms with Gasteiger partial charge in [-0.3, -0.25) is 0 Å². The summed E-state index contributed by atoms with van der Waals surface area (Å²) in [5.41, 5.74) is 9.75. The predicted octanol–water partition coefficient (Wildman–Crippen LogP) is 2.54. The summed E-state index contributed by atoms with van der Waals surface area (Å²) in [6.07, 6.45) is 1.54. The van der Waals surface area contributed by atoms with Gasteiger partial charge in [-0.05, 0) is 37.5 Å². The third-order valence-corrected chi connectivity index (χ3v) is 2.57. The fourth-order valence-corrected chi connectivity index (χ4v) is 1.72. The van der Waals surface area contributed by atoms with Crippen LogP contribution in [0.5, 0.6) is 0 Å². The highest BCUT2D eigenvalue weighted by molar-refractivity contribution is 5.94. The molecule has 1 rings (SSSR count). The van der Waals surface area contributed by atoms with Crippen LogP contribution in [0.25, 0.3) is 0 Å². The SMILES string of the molecule is C=CCOC(=O)c1c(C)cc(C)c(N)c1C. The molecule has 0 heterocycles. The molecular formula is C13H17NO2. The highest BCUT2D eigenvalue weighted by atomic mass is 16.5. The monoisotopic (exact) mass is 219 g/mol. The van der Waals surface area contributed by atoms with Gasteiger partial charge in [-0.25, -0.2) is 4.79 Å². The van der Waals surface area contributed by atoms with E-state index < -0.39 is 0 Å². The Bertz CT molecular complexity index is 436. The second kappa shape index (κ2) is 4.84. The van der Waals surface area contributed by atoms with Crippen LogP contribution in [0.3, 0.4) is 0 Å². The largest absolute Gasteiger partial charge is 0.458 e.